The van der Waals surface area contributed by atoms with Crippen molar-refractivity contribution in [2.75, 3.05) is 13.7 Å². The van der Waals surface area contributed by atoms with Gasteiger partial charge in [0.05, 0.1) is 12.0 Å². The Morgan fingerprint density at radius 3 is 2.36 bits per heavy atom. The largest absolute Gasteiger partial charge is 0.497 e. The van der Waals surface area contributed by atoms with E-state index < -0.39 is 22.8 Å². The molecule has 0 spiro atoms. The van der Waals surface area contributed by atoms with Gasteiger partial charge in [0, 0.05) is 6.07 Å². The molecule has 0 saturated carbocycles. The summed E-state index contributed by atoms with van der Waals surface area (Å²) >= 11 is 0. The smallest absolute Gasteiger partial charge is 0.310 e. The molecule has 2 aromatic rings. The van der Waals surface area contributed by atoms with Crippen LogP contribution in [0.15, 0.2) is 48.5 Å². The van der Waals surface area contributed by atoms with Crippen molar-refractivity contribution in [3.8, 4) is 17.2 Å². The number of para-hydroxylation sites is 2. The Morgan fingerprint density at radius 2 is 1.71 bits per heavy atom. The highest BCUT2D eigenvalue weighted by atomic mass is 16.6. The van der Waals surface area contributed by atoms with Crippen molar-refractivity contribution in [1.82, 2.24) is 10.9 Å². The fourth-order valence-corrected chi connectivity index (χ4v) is 2.04. The van der Waals surface area contributed by atoms with Crippen LogP contribution in [-0.2, 0) is 9.59 Å². The molecular formula is C18H19N3O7. The van der Waals surface area contributed by atoms with Gasteiger partial charge in [-0.15, -0.1) is 0 Å². The average Bonchev–Trinajstić information content (AvgIpc) is 2.70. The number of hydrogen-bond acceptors (Lipinski definition) is 7. The Hall–Kier alpha value is -3.82. The summed E-state index contributed by atoms with van der Waals surface area (Å²) in [5.41, 5.74) is 4.08. The second-order valence-electron chi connectivity index (χ2n) is 5.49. The summed E-state index contributed by atoms with van der Waals surface area (Å²) in [4.78, 5) is 34.1. The van der Waals surface area contributed by atoms with Gasteiger partial charge in [0.2, 0.25) is 0 Å². The molecule has 0 aliphatic heterocycles. The highest BCUT2D eigenvalue weighted by Crippen LogP contribution is 2.26. The summed E-state index contributed by atoms with van der Waals surface area (Å²) < 4.78 is 15.6. The highest BCUT2D eigenvalue weighted by molar-refractivity contribution is 5.85. The van der Waals surface area contributed by atoms with Crippen LogP contribution in [0.25, 0.3) is 0 Å². The predicted octanol–water partition coefficient (Wildman–Crippen LogP) is 1.60. The number of benzene rings is 2. The first-order valence-electron chi connectivity index (χ1n) is 8.16. The maximum atomic E-state index is 12.0. The number of rotatable bonds is 8. The molecule has 10 nitrogen and oxygen atoms in total. The van der Waals surface area contributed by atoms with E-state index in [2.05, 4.69) is 10.9 Å². The third-order valence-electron chi connectivity index (χ3n) is 3.49. The topological polar surface area (TPSA) is 129 Å². The lowest BCUT2D eigenvalue weighted by atomic mass is 10.3. The van der Waals surface area contributed by atoms with Gasteiger partial charge < -0.3 is 14.2 Å². The molecule has 0 aliphatic carbocycles. The van der Waals surface area contributed by atoms with E-state index >= 15 is 0 Å². The second kappa shape index (κ2) is 9.76. The van der Waals surface area contributed by atoms with Crippen molar-refractivity contribution in [2.45, 2.75) is 13.0 Å². The SMILES string of the molecule is COc1ccc(OCC(=O)NNC(=O)C(C)Oc2ccccc2[N+](=O)[O-])cc1. The van der Waals surface area contributed by atoms with Crippen LogP contribution in [0.2, 0.25) is 0 Å². The molecule has 0 saturated heterocycles. The fourth-order valence-electron chi connectivity index (χ4n) is 2.04. The van der Waals surface area contributed by atoms with Gasteiger partial charge in [-0.25, -0.2) is 0 Å². The third kappa shape index (κ3) is 5.87. The van der Waals surface area contributed by atoms with Crippen molar-refractivity contribution < 1.29 is 28.7 Å². The molecule has 2 aromatic carbocycles. The Bertz CT molecular complexity index is 839. The predicted molar refractivity (Wildman–Crippen MR) is 98.0 cm³/mol. The maximum absolute atomic E-state index is 12.0. The van der Waals surface area contributed by atoms with E-state index in [1.807, 2.05) is 0 Å². The van der Waals surface area contributed by atoms with Crippen molar-refractivity contribution >= 4 is 17.5 Å². The van der Waals surface area contributed by atoms with Crippen molar-refractivity contribution in [3.05, 3.63) is 58.6 Å². The van der Waals surface area contributed by atoms with Gasteiger partial charge >= 0.3 is 5.69 Å². The van der Waals surface area contributed by atoms with Crippen LogP contribution in [0.1, 0.15) is 6.92 Å². The molecule has 0 radical (unpaired) electrons. The molecule has 10 heteroatoms. The zero-order valence-corrected chi connectivity index (χ0v) is 15.2. The zero-order valence-electron chi connectivity index (χ0n) is 15.2. The summed E-state index contributed by atoms with van der Waals surface area (Å²) in [7, 11) is 1.53. The number of nitro groups is 1. The first-order chi connectivity index (χ1) is 13.4. The van der Waals surface area contributed by atoms with E-state index in [1.54, 1.807) is 30.3 Å². The molecule has 1 atom stereocenters. The average molecular weight is 389 g/mol. The van der Waals surface area contributed by atoms with Crippen LogP contribution in [0, 0.1) is 10.1 Å². The Labute approximate surface area is 160 Å². The number of ether oxygens (including phenoxy) is 3. The molecule has 0 fully saturated rings. The van der Waals surface area contributed by atoms with Crippen LogP contribution in [0.4, 0.5) is 5.69 Å². The molecular weight excluding hydrogens is 370 g/mol. The van der Waals surface area contributed by atoms with Crippen LogP contribution >= 0.6 is 0 Å². The number of nitrogens with zero attached hydrogens (tertiary/aromatic N) is 1. The lowest BCUT2D eigenvalue weighted by molar-refractivity contribution is -0.386. The van der Waals surface area contributed by atoms with Gasteiger partial charge in [0.1, 0.15) is 11.5 Å². The number of hydrogen-bond donors (Lipinski definition) is 2. The summed E-state index contributed by atoms with van der Waals surface area (Å²) in [5, 5.41) is 11.0. The van der Waals surface area contributed by atoms with E-state index in [-0.39, 0.29) is 18.0 Å². The normalized spacial score (nSPS) is 11.1. The lowest BCUT2D eigenvalue weighted by Crippen LogP contribution is -2.48. The Balaban J connectivity index is 1.79. The quantitative estimate of drug-likeness (QED) is 0.518. The van der Waals surface area contributed by atoms with Gasteiger partial charge in [-0.05, 0) is 37.3 Å². The summed E-state index contributed by atoms with van der Waals surface area (Å²) in [6.45, 7) is 1.07. The Kier molecular flexibility index (Phi) is 7.14. The number of amides is 2. The molecule has 1 unspecified atom stereocenters. The van der Waals surface area contributed by atoms with E-state index in [9.17, 15) is 19.7 Å². The minimum atomic E-state index is -1.08. The van der Waals surface area contributed by atoms with Crippen molar-refractivity contribution in [2.24, 2.45) is 0 Å². The monoisotopic (exact) mass is 389 g/mol. The molecule has 0 aromatic heterocycles. The minimum absolute atomic E-state index is 0.0516. The number of methoxy groups -OCH3 is 1. The van der Waals surface area contributed by atoms with Gasteiger partial charge in [-0.3, -0.25) is 30.6 Å². The second-order valence-corrected chi connectivity index (χ2v) is 5.49. The summed E-state index contributed by atoms with van der Waals surface area (Å²) in [6, 6.07) is 12.3. The number of carbonyl (C=O) groups excluding carboxylic acids is 2. The molecule has 28 heavy (non-hydrogen) atoms. The summed E-state index contributed by atoms with van der Waals surface area (Å²) in [6.07, 6.45) is -1.08. The standard InChI is InChI=1S/C18H19N3O7/c1-12(28-16-6-4-3-5-15(16)21(24)25)18(23)20-19-17(22)11-27-14-9-7-13(26-2)8-10-14/h3-10,12H,11H2,1-2H3,(H,19,22)(H,20,23). The van der Waals surface area contributed by atoms with Crippen LogP contribution in [0.3, 0.4) is 0 Å². The third-order valence-corrected chi connectivity index (χ3v) is 3.49. The molecule has 2 amide bonds. The van der Waals surface area contributed by atoms with E-state index in [1.165, 1.54) is 32.2 Å². The lowest BCUT2D eigenvalue weighted by Gasteiger charge is -2.15. The van der Waals surface area contributed by atoms with Crippen LogP contribution < -0.4 is 25.1 Å². The van der Waals surface area contributed by atoms with E-state index in [0.29, 0.717) is 11.5 Å². The number of hydrazine groups is 1. The van der Waals surface area contributed by atoms with Gasteiger partial charge in [-0.1, -0.05) is 12.1 Å². The van der Waals surface area contributed by atoms with Crippen molar-refractivity contribution in [3.63, 3.8) is 0 Å². The number of carbonyl (C=O) groups is 2. The van der Waals surface area contributed by atoms with Gasteiger partial charge in [0.25, 0.3) is 11.8 Å². The highest BCUT2D eigenvalue weighted by Gasteiger charge is 2.21. The number of nitro benzene ring substituents is 1. The molecule has 148 valence electrons. The Morgan fingerprint density at radius 1 is 1.07 bits per heavy atom. The van der Waals surface area contributed by atoms with Crippen LogP contribution in [-0.4, -0.2) is 36.6 Å². The van der Waals surface area contributed by atoms with Gasteiger partial charge in [-0.2, -0.15) is 0 Å². The maximum Gasteiger partial charge on any atom is 0.310 e. The molecule has 2 rings (SSSR count). The first kappa shape index (κ1) is 20.5. The van der Waals surface area contributed by atoms with Crippen LogP contribution in [0.5, 0.6) is 17.2 Å². The van der Waals surface area contributed by atoms with E-state index in [4.69, 9.17) is 14.2 Å². The molecule has 0 heterocycles. The molecule has 0 bridgehead atoms. The van der Waals surface area contributed by atoms with Crippen molar-refractivity contribution in [1.29, 1.82) is 0 Å². The minimum Gasteiger partial charge on any atom is -0.497 e. The molecule has 0 aliphatic rings. The zero-order chi connectivity index (χ0) is 20.5. The fraction of sp³-hybridized carbons (Fsp3) is 0.222. The van der Waals surface area contributed by atoms with Gasteiger partial charge in [0.15, 0.2) is 18.5 Å². The summed E-state index contributed by atoms with van der Waals surface area (Å²) in [5.74, 6) is -0.227. The number of nitrogens with one attached hydrogen (secondary N) is 2. The first-order valence-corrected chi connectivity index (χ1v) is 8.16. The van der Waals surface area contributed by atoms with E-state index in [0.717, 1.165) is 0 Å². The molecule has 2 N–H and O–H groups in total.